The Morgan fingerprint density at radius 2 is 2.28 bits per heavy atom. The molecule has 1 heterocycles. The number of hydrogen-bond acceptors (Lipinski definition) is 3. The second-order valence-corrected chi connectivity index (χ2v) is 4.55. The fraction of sp³-hybridized carbons (Fsp3) is 0.500. The Labute approximate surface area is 108 Å². The number of anilines is 1. The first-order valence-electron chi connectivity index (χ1n) is 6.36. The van der Waals surface area contributed by atoms with Gasteiger partial charge in [0.05, 0.1) is 6.61 Å². The van der Waals surface area contributed by atoms with E-state index >= 15 is 0 Å². The number of carbonyl (C=O) groups is 1. The van der Waals surface area contributed by atoms with Gasteiger partial charge in [-0.1, -0.05) is 19.1 Å². The van der Waals surface area contributed by atoms with Crippen LogP contribution in [-0.2, 0) is 22.6 Å². The van der Waals surface area contributed by atoms with Crippen molar-refractivity contribution in [2.75, 3.05) is 25.6 Å². The van der Waals surface area contributed by atoms with E-state index in [1.165, 1.54) is 11.1 Å². The molecule has 0 atom stereocenters. The quantitative estimate of drug-likeness (QED) is 0.866. The smallest absolute Gasteiger partial charge is 0.224 e. The van der Waals surface area contributed by atoms with E-state index in [4.69, 9.17) is 4.74 Å². The molecule has 0 fully saturated rings. The van der Waals surface area contributed by atoms with Gasteiger partial charge in [0, 0.05) is 38.9 Å². The molecule has 0 bridgehead atoms. The lowest BCUT2D eigenvalue weighted by Crippen LogP contribution is -2.21. The van der Waals surface area contributed by atoms with E-state index < -0.39 is 0 Å². The number of hydrogen-bond donors (Lipinski definition) is 1. The molecule has 18 heavy (non-hydrogen) atoms. The van der Waals surface area contributed by atoms with Crippen LogP contribution < -0.4 is 5.32 Å². The summed E-state index contributed by atoms with van der Waals surface area (Å²) in [5, 5.41) is 2.97. The van der Waals surface area contributed by atoms with E-state index in [0.29, 0.717) is 6.42 Å². The molecule has 0 unspecified atom stereocenters. The Morgan fingerprint density at radius 1 is 1.44 bits per heavy atom. The molecular weight excluding hydrogens is 228 g/mol. The van der Waals surface area contributed by atoms with Crippen molar-refractivity contribution in [1.29, 1.82) is 0 Å². The number of amides is 1. The van der Waals surface area contributed by atoms with Crippen LogP contribution in [0, 0.1) is 0 Å². The summed E-state index contributed by atoms with van der Waals surface area (Å²) in [6, 6.07) is 6.11. The molecule has 2 rings (SSSR count). The average Bonchev–Trinajstić information content (AvgIpc) is 2.80. The van der Waals surface area contributed by atoms with Crippen molar-refractivity contribution in [1.82, 2.24) is 4.90 Å². The molecule has 0 saturated carbocycles. The Morgan fingerprint density at radius 3 is 3.00 bits per heavy atom. The van der Waals surface area contributed by atoms with Crippen LogP contribution in [0.2, 0.25) is 0 Å². The summed E-state index contributed by atoms with van der Waals surface area (Å²) in [5.41, 5.74) is 3.51. The van der Waals surface area contributed by atoms with Gasteiger partial charge < -0.3 is 10.1 Å². The van der Waals surface area contributed by atoms with E-state index in [1.807, 2.05) is 19.1 Å². The lowest BCUT2D eigenvalue weighted by atomic mass is 10.1. The van der Waals surface area contributed by atoms with Gasteiger partial charge in [-0.2, -0.15) is 0 Å². The predicted octanol–water partition coefficient (Wildman–Crippen LogP) is 2.00. The van der Waals surface area contributed by atoms with Gasteiger partial charge in [0.25, 0.3) is 0 Å². The van der Waals surface area contributed by atoms with E-state index in [9.17, 15) is 4.79 Å². The molecule has 4 heteroatoms. The number of nitrogens with one attached hydrogen (secondary N) is 1. The molecule has 1 aliphatic rings. The minimum atomic E-state index is 0.0683. The lowest BCUT2D eigenvalue weighted by molar-refractivity contribution is -0.115. The van der Waals surface area contributed by atoms with E-state index in [-0.39, 0.29) is 5.91 Å². The van der Waals surface area contributed by atoms with Crippen molar-refractivity contribution in [3.63, 3.8) is 0 Å². The van der Waals surface area contributed by atoms with Gasteiger partial charge in [0.2, 0.25) is 5.91 Å². The summed E-state index contributed by atoms with van der Waals surface area (Å²) >= 11 is 0. The summed E-state index contributed by atoms with van der Waals surface area (Å²) in [5.74, 6) is 0.0683. The van der Waals surface area contributed by atoms with Crippen molar-refractivity contribution >= 4 is 11.6 Å². The molecule has 0 saturated heterocycles. The summed E-state index contributed by atoms with van der Waals surface area (Å²) in [6.45, 7) is 5.35. The third-order valence-corrected chi connectivity index (χ3v) is 3.26. The zero-order valence-corrected chi connectivity index (χ0v) is 11.0. The first-order chi connectivity index (χ1) is 8.74. The van der Waals surface area contributed by atoms with E-state index in [2.05, 4.69) is 16.3 Å². The van der Waals surface area contributed by atoms with Crippen molar-refractivity contribution < 1.29 is 9.53 Å². The fourth-order valence-corrected chi connectivity index (χ4v) is 2.22. The summed E-state index contributed by atoms with van der Waals surface area (Å²) < 4.78 is 5.10. The van der Waals surface area contributed by atoms with Crippen LogP contribution in [0.25, 0.3) is 0 Å². The van der Waals surface area contributed by atoms with Gasteiger partial charge in [-0.3, -0.25) is 9.69 Å². The zero-order valence-electron chi connectivity index (χ0n) is 11.0. The summed E-state index contributed by atoms with van der Waals surface area (Å²) in [6.07, 6.45) is 0.511. The number of benzene rings is 1. The minimum absolute atomic E-state index is 0.0683. The summed E-state index contributed by atoms with van der Waals surface area (Å²) in [7, 11) is 1.72. The predicted molar refractivity (Wildman–Crippen MR) is 71.4 cm³/mol. The first-order valence-corrected chi connectivity index (χ1v) is 6.36. The van der Waals surface area contributed by atoms with Crippen LogP contribution in [0.5, 0.6) is 0 Å². The van der Waals surface area contributed by atoms with Crippen molar-refractivity contribution in [3.8, 4) is 0 Å². The number of carbonyl (C=O) groups excluding carboxylic acids is 1. The molecule has 1 aromatic carbocycles. The molecule has 4 nitrogen and oxygen atoms in total. The van der Waals surface area contributed by atoms with Gasteiger partial charge in [0.15, 0.2) is 0 Å². The number of fused-ring (bicyclic) bond motifs is 1. The van der Waals surface area contributed by atoms with Crippen LogP contribution in [0.15, 0.2) is 18.2 Å². The third-order valence-electron chi connectivity index (χ3n) is 3.26. The topological polar surface area (TPSA) is 41.6 Å². The Bertz CT molecular complexity index is 432. The molecular formula is C14H20N2O2. The van der Waals surface area contributed by atoms with Gasteiger partial charge in [-0.15, -0.1) is 0 Å². The monoisotopic (exact) mass is 248 g/mol. The molecule has 0 spiro atoms. The van der Waals surface area contributed by atoms with Crippen LogP contribution in [-0.4, -0.2) is 31.1 Å². The van der Waals surface area contributed by atoms with Gasteiger partial charge in [0.1, 0.15) is 0 Å². The third kappa shape index (κ3) is 2.89. The molecule has 1 amide bonds. The van der Waals surface area contributed by atoms with Crippen LogP contribution in [0.1, 0.15) is 24.5 Å². The second-order valence-electron chi connectivity index (χ2n) is 4.55. The second kappa shape index (κ2) is 5.98. The minimum Gasteiger partial charge on any atom is -0.383 e. The van der Waals surface area contributed by atoms with Crippen LogP contribution in [0.3, 0.4) is 0 Å². The lowest BCUT2D eigenvalue weighted by Gasteiger charge is -2.13. The summed E-state index contributed by atoms with van der Waals surface area (Å²) in [4.78, 5) is 13.8. The van der Waals surface area contributed by atoms with Gasteiger partial charge in [-0.05, 0) is 17.2 Å². The molecule has 0 aliphatic carbocycles. The maximum Gasteiger partial charge on any atom is 0.224 e. The number of ether oxygens (including phenoxy) is 1. The van der Waals surface area contributed by atoms with Crippen molar-refractivity contribution in [3.05, 3.63) is 29.3 Å². The maximum atomic E-state index is 11.5. The molecule has 1 aromatic rings. The first kappa shape index (κ1) is 13.1. The fourth-order valence-electron chi connectivity index (χ4n) is 2.22. The number of rotatable bonds is 5. The van der Waals surface area contributed by atoms with Gasteiger partial charge in [-0.25, -0.2) is 0 Å². The van der Waals surface area contributed by atoms with E-state index in [0.717, 1.165) is 31.9 Å². The molecule has 98 valence electrons. The molecule has 1 N–H and O–H groups in total. The van der Waals surface area contributed by atoms with Crippen LogP contribution in [0.4, 0.5) is 5.69 Å². The molecule has 1 aliphatic heterocycles. The standard InChI is InChI=1S/C14H20N2O2/c1-3-14(17)15-13-6-4-5-11-9-16(7-8-18-2)10-12(11)13/h4-6H,3,7-10H2,1-2H3,(H,15,17). The average molecular weight is 248 g/mol. The molecule has 0 radical (unpaired) electrons. The van der Waals surface area contributed by atoms with Crippen molar-refractivity contribution in [2.24, 2.45) is 0 Å². The van der Waals surface area contributed by atoms with Gasteiger partial charge >= 0.3 is 0 Å². The van der Waals surface area contributed by atoms with Crippen LogP contribution >= 0.6 is 0 Å². The van der Waals surface area contributed by atoms with Crippen molar-refractivity contribution in [2.45, 2.75) is 26.4 Å². The largest absolute Gasteiger partial charge is 0.383 e. The zero-order chi connectivity index (χ0) is 13.0. The normalized spacial score (nSPS) is 14.6. The Balaban J connectivity index is 2.09. The highest BCUT2D eigenvalue weighted by Gasteiger charge is 2.21. The Kier molecular flexibility index (Phi) is 4.33. The number of methoxy groups -OCH3 is 1. The highest BCUT2D eigenvalue weighted by molar-refractivity contribution is 5.91. The highest BCUT2D eigenvalue weighted by Crippen LogP contribution is 2.29. The number of nitrogens with zero attached hydrogens (tertiary/aromatic N) is 1. The van der Waals surface area contributed by atoms with E-state index in [1.54, 1.807) is 7.11 Å². The Hall–Kier alpha value is -1.39. The SMILES string of the molecule is CCC(=O)Nc1cccc2c1CN(CCOC)C2. The molecule has 0 aromatic heterocycles. The maximum absolute atomic E-state index is 11.5. The highest BCUT2D eigenvalue weighted by atomic mass is 16.5.